The van der Waals surface area contributed by atoms with Crippen LogP contribution in [0.1, 0.15) is 45.7 Å². The van der Waals surface area contributed by atoms with Crippen LogP contribution in [0.5, 0.6) is 0 Å². The second-order valence-electron chi connectivity index (χ2n) is 8.54. The lowest BCUT2D eigenvalue weighted by atomic mass is 10.2. The smallest absolute Gasteiger partial charge is 0.252 e. The maximum atomic E-state index is 11.7. The van der Waals surface area contributed by atoms with E-state index in [2.05, 4.69) is 59.3 Å². The van der Waals surface area contributed by atoms with Gasteiger partial charge in [-0.15, -0.1) is 0 Å². The summed E-state index contributed by atoms with van der Waals surface area (Å²) in [6.45, 7) is 12.8. The highest BCUT2D eigenvalue weighted by Gasteiger charge is 2.22. The molecule has 0 radical (unpaired) electrons. The molecule has 1 fully saturated rings. The standard InChI is InChI=1S/C25H31ClN6O/c1-18(2)32(19(3)4)17-28-25-27-16-22(9-6-21-7-10-23(26)11-8-21)24(29-25)31-14-12-30(13-15-31)20(5)33/h7-8,10-11,16-19H,12-15H2,1-5H3. The fraction of sp³-hybridized carbons (Fsp3) is 0.440. The largest absolute Gasteiger partial charge is 0.358 e. The number of rotatable bonds is 5. The number of anilines is 1. The van der Waals surface area contributed by atoms with Gasteiger partial charge in [-0.2, -0.15) is 4.98 Å². The van der Waals surface area contributed by atoms with E-state index in [-0.39, 0.29) is 5.91 Å². The summed E-state index contributed by atoms with van der Waals surface area (Å²) in [6, 6.07) is 8.03. The number of piperazine rings is 1. The molecular formula is C25H31ClN6O. The van der Waals surface area contributed by atoms with Crippen LogP contribution in [0.3, 0.4) is 0 Å². The maximum Gasteiger partial charge on any atom is 0.252 e. The molecule has 0 N–H and O–H groups in total. The summed E-state index contributed by atoms with van der Waals surface area (Å²) in [5.74, 6) is 7.59. The molecule has 1 amide bonds. The van der Waals surface area contributed by atoms with Gasteiger partial charge in [0.15, 0.2) is 0 Å². The molecule has 1 aliphatic rings. The molecule has 174 valence electrons. The molecule has 33 heavy (non-hydrogen) atoms. The van der Waals surface area contributed by atoms with Crippen molar-refractivity contribution >= 4 is 35.6 Å². The topological polar surface area (TPSA) is 64.9 Å². The van der Waals surface area contributed by atoms with Crippen molar-refractivity contribution in [1.29, 1.82) is 0 Å². The Morgan fingerprint density at radius 3 is 2.30 bits per heavy atom. The number of amides is 1. The summed E-state index contributed by atoms with van der Waals surface area (Å²) in [5, 5.41) is 0.673. The zero-order valence-electron chi connectivity index (χ0n) is 19.9. The van der Waals surface area contributed by atoms with Gasteiger partial charge in [0.25, 0.3) is 5.95 Å². The maximum absolute atomic E-state index is 11.7. The van der Waals surface area contributed by atoms with Gasteiger partial charge in [-0.1, -0.05) is 23.4 Å². The van der Waals surface area contributed by atoms with Gasteiger partial charge >= 0.3 is 0 Å². The minimum atomic E-state index is 0.0906. The molecule has 0 unspecified atom stereocenters. The quantitative estimate of drug-likeness (QED) is 0.379. The molecule has 0 atom stereocenters. The van der Waals surface area contributed by atoms with Crippen LogP contribution < -0.4 is 4.90 Å². The first kappa shape index (κ1) is 24.5. The first-order valence-electron chi connectivity index (χ1n) is 11.2. The number of halogens is 1. The zero-order chi connectivity index (χ0) is 24.0. The molecule has 3 rings (SSSR count). The Balaban J connectivity index is 1.92. The fourth-order valence-corrected chi connectivity index (χ4v) is 3.77. The van der Waals surface area contributed by atoms with Gasteiger partial charge in [0.05, 0.1) is 18.1 Å². The van der Waals surface area contributed by atoms with Gasteiger partial charge in [0.2, 0.25) is 5.91 Å². The molecule has 8 heteroatoms. The molecule has 7 nitrogen and oxygen atoms in total. The number of nitrogens with zero attached hydrogens (tertiary/aromatic N) is 6. The summed E-state index contributed by atoms with van der Waals surface area (Å²) in [6.07, 6.45) is 3.53. The Hall–Kier alpha value is -3.11. The first-order valence-corrected chi connectivity index (χ1v) is 11.6. The van der Waals surface area contributed by atoms with E-state index in [4.69, 9.17) is 16.6 Å². The van der Waals surface area contributed by atoms with Crippen LogP contribution in [0.25, 0.3) is 0 Å². The number of benzene rings is 1. The Morgan fingerprint density at radius 1 is 1.09 bits per heavy atom. The van der Waals surface area contributed by atoms with Crippen molar-refractivity contribution in [2.24, 2.45) is 4.99 Å². The van der Waals surface area contributed by atoms with Gasteiger partial charge in [-0.3, -0.25) is 4.79 Å². The van der Waals surface area contributed by atoms with Crippen LogP contribution in [0.4, 0.5) is 11.8 Å². The van der Waals surface area contributed by atoms with E-state index in [1.165, 1.54) is 0 Å². The number of aliphatic imine (C=N–C) groups is 1. The SMILES string of the molecule is CC(=O)N1CCN(c2nc(N=CN(C(C)C)C(C)C)ncc2C#Cc2ccc(Cl)cc2)CC1. The van der Waals surface area contributed by atoms with Gasteiger partial charge in [0, 0.05) is 55.8 Å². The third-order valence-corrected chi connectivity index (χ3v) is 5.72. The number of hydrogen-bond acceptors (Lipinski definition) is 5. The third-order valence-electron chi connectivity index (χ3n) is 5.47. The Morgan fingerprint density at radius 2 is 1.73 bits per heavy atom. The summed E-state index contributed by atoms with van der Waals surface area (Å²) in [7, 11) is 0. The third kappa shape index (κ3) is 6.69. The van der Waals surface area contributed by atoms with Crippen LogP contribution in [0, 0.1) is 11.8 Å². The molecule has 0 bridgehead atoms. The van der Waals surface area contributed by atoms with E-state index in [0.29, 0.717) is 49.2 Å². The van der Waals surface area contributed by atoms with Crippen molar-refractivity contribution in [3.63, 3.8) is 0 Å². The second-order valence-corrected chi connectivity index (χ2v) is 8.97. The fourth-order valence-electron chi connectivity index (χ4n) is 3.64. The summed E-state index contributed by atoms with van der Waals surface area (Å²) >= 11 is 5.98. The number of hydrogen-bond donors (Lipinski definition) is 0. The van der Waals surface area contributed by atoms with Gasteiger partial charge < -0.3 is 14.7 Å². The van der Waals surface area contributed by atoms with E-state index >= 15 is 0 Å². The summed E-state index contributed by atoms with van der Waals surface area (Å²) in [5.41, 5.74) is 1.59. The minimum Gasteiger partial charge on any atom is -0.358 e. The molecule has 1 saturated heterocycles. The lowest BCUT2D eigenvalue weighted by Gasteiger charge is -2.35. The number of carbonyl (C=O) groups excluding carboxylic acids is 1. The highest BCUT2D eigenvalue weighted by atomic mass is 35.5. The van der Waals surface area contributed by atoms with Crippen molar-refractivity contribution in [3.05, 3.63) is 46.6 Å². The number of carbonyl (C=O) groups is 1. The van der Waals surface area contributed by atoms with Crippen molar-refractivity contribution in [2.75, 3.05) is 31.1 Å². The van der Waals surface area contributed by atoms with E-state index in [9.17, 15) is 4.79 Å². The Labute approximate surface area is 201 Å². The predicted molar refractivity (Wildman–Crippen MR) is 134 cm³/mol. The zero-order valence-corrected chi connectivity index (χ0v) is 20.7. The molecular weight excluding hydrogens is 436 g/mol. The Bertz CT molecular complexity index is 1040. The van der Waals surface area contributed by atoms with Crippen LogP contribution in [0.2, 0.25) is 5.02 Å². The normalized spacial score (nSPS) is 14.1. The summed E-state index contributed by atoms with van der Waals surface area (Å²) < 4.78 is 0. The van der Waals surface area contributed by atoms with E-state index in [0.717, 1.165) is 16.9 Å². The first-order chi connectivity index (χ1) is 15.7. The molecule has 0 saturated carbocycles. The van der Waals surface area contributed by atoms with Crippen LogP contribution in [-0.2, 0) is 4.79 Å². The minimum absolute atomic E-state index is 0.0906. The monoisotopic (exact) mass is 466 g/mol. The lowest BCUT2D eigenvalue weighted by molar-refractivity contribution is -0.129. The lowest BCUT2D eigenvalue weighted by Crippen LogP contribution is -2.48. The molecule has 2 heterocycles. The Kier molecular flexibility index (Phi) is 8.29. The van der Waals surface area contributed by atoms with E-state index in [1.54, 1.807) is 19.5 Å². The molecule has 1 aromatic carbocycles. The van der Waals surface area contributed by atoms with Gasteiger partial charge in [-0.25, -0.2) is 9.98 Å². The van der Waals surface area contributed by atoms with E-state index < -0.39 is 0 Å². The van der Waals surface area contributed by atoms with Crippen molar-refractivity contribution in [1.82, 2.24) is 19.8 Å². The second kappa shape index (κ2) is 11.2. The van der Waals surface area contributed by atoms with Crippen molar-refractivity contribution in [3.8, 4) is 11.8 Å². The highest BCUT2D eigenvalue weighted by molar-refractivity contribution is 6.30. The van der Waals surface area contributed by atoms with Crippen molar-refractivity contribution < 1.29 is 4.79 Å². The van der Waals surface area contributed by atoms with Gasteiger partial charge in [-0.05, 0) is 52.0 Å². The predicted octanol–water partition coefficient (Wildman–Crippen LogP) is 3.98. The highest BCUT2D eigenvalue weighted by Crippen LogP contribution is 2.21. The molecule has 0 aliphatic carbocycles. The van der Waals surface area contributed by atoms with E-state index in [1.807, 2.05) is 29.2 Å². The van der Waals surface area contributed by atoms with Crippen LogP contribution in [0.15, 0.2) is 35.5 Å². The molecule has 1 aliphatic heterocycles. The van der Waals surface area contributed by atoms with Crippen molar-refractivity contribution in [2.45, 2.75) is 46.7 Å². The molecule has 2 aromatic rings. The average molecular weight is 467 g/mol. The van der Waals surface area contributed by atoms with Crippen LogP contribution in [-0.4, -0.2) is 70.3 Å². The van der Waals surface area contributed by atoms with Crippen LogP contribution >= 0.6 is 11.6 Å². The average Bonchev–Trinajstić information content (AvgIpc) is 2.79. The van der Waals surface area contributed by atoms with Gasteiger partial charge in [0.1, 0.15) is 5.82 Å². The summed E-state index contributed by atoms with van der Waals surface area (Å²) in [4.78, 5) is 31.6. The molecule has 0 spiro atoms. The number of aromatic nitrogens is 2. The molecule has 1 aromatic heterocycles.